The van der Waals surface area contributed by atoms with Crippen molar-refractivity contribution >= 4 is 10.2 Å². The van der Waals surface area contributed by atoms with E-state index in [1.165, 1.54) is 10.2 Å². The van der Waals surface area contributed by atoms with Crippen molar-refractivity contribution in [2.24, 2.45) is 0 Å². The maximum absolute atomic E-state index is 4.76. The molecule has 0 saturated carbocycles. The van der Waals surface area contributed by atoms with Crippen molar-refractivity contribution in [1.82, 2.24) is 0 Å². The van der Waals surface area contributed by atoms with E-state index < -0.39 is 0 Å². The van der Waals surface area contributed by atoms with Gasteiger partial charge in [0.05, 0.1) is 13.2 Å². The molecule has 0 aliphatic rings. The van der Waals surface area contributed by atoms with Crippen LogP contribution in [0.2, 0.25) is 6.04 Å². The highest BCUT2D eigenvalue weighted by molar-refractivity contribution is 6.08. The Kier molecular flexibility index (Phi) is 7.26. The summed E-state index contributed by atoms with van der Waals surface area (Å²) in [5.41, 5.74) is 0. The number of hydrogen-bond donors (Lipinski definition) is 0. The Morgan fingerprint density at radius 3 is 2.38 bits per heavy atom. The molecule has 0 aromatic rings. The van der Waals surface area contributed by atoms with Crippen molar-refractivity contribution in [3.05, 3.63) is 0 Å². The Labute approximate surface area is 53.5 Å². The summed E-state index contributed by atoms with van der Waals surface area (Å²) in [4.78, 5) is 9.50. The molecule has 0 spiro atoms. The lowest BCUT2D eigenvalue weighted by molar-refractivity contribution is -0.290. The third kappa shape index (κ3) is 6.14. The summed E-state index contributed by atoms with van der Waals surface area (Å²) in [7, 11) is 1.20. The molecular formula is C5H14O2Si. The van der Waals surface area contributed by atoms with Gasteiger partial charge in [0, 0.05) is 10.2 Å². The van der Waals surface area contributed by atoms with Crippen molar-refractivity contribution in [3.8, 4) is 0 Å². The molecule has 50 valence electrons. The van der Waals surface area contributed by atoms with Gasteiger partial charge in [-0.15, -0.1) is 0 Å². The second-order valence-electron chi connectivity index (χ2n) is 1.64. The minimum atomic E-state index is 0.724. The summed E-state index contributed by atoms with van der Waals surface area (Å²) in [5, 5.41) is 0. The van der Waals surface area contributed by atoms with Crippen molar-refractivity contribution in [1.29, 1.82) is 0 Å². The molecular weight excluding hydrogens is 120 g/mol. The highest BCUT2D eigenvalue weighted by Gasteiger charge is 1.81. The molecule has 0 bridgehead atoms. The van der Waals surface area contributed by atoms with Crippen LogP contribution in [0.5, 0.6) is 0 Å². The van der Waals surface area contributed by atoms with Crippen LogP contribution < -0.4 is 0 Å². The largest absolute Gasteiger partial charge is 0.237 e. The molecule has 0 unspecified atom stereocenters. The topological polar surface area (TPSA) is 18.5 Å². The standard InChI is InChI=1S/C5H14O2Si/c1-2-3-6-7-4-5-8/h2-5H2,1,8H3. The molecule has 0 radical (unpaired) electrons. The van der Waals surface area contributed by atoms with E-state index in [9.17, 15) is 0 Å². The summed E-state index contributed by atoms with van der Waals surface area (Å²) in [6.07, 6.45) is 1.03. The highest BCUT2D eigenvalue weighted by Crippen LogP contribution is 1.82. The first-order valence-electron chi connectivity index (χ1n) is 3.16. The SMILES string of the molecule is CCCOOCC[SiH3]. The van der Waals surface area contributed by atoms with Crippen LogP contribution in [0.25, 0.3) is 0 Å². The average Bonchev–Trinajstić information content (AvgIpc) is 1.81. The molecule has 0 aromatic carbocycles. The molecule has 2 nitrogen and oxygen atoms in total. The first-order valence-corrected chi connectivity index (χ1v) is 4.57. The number of hydrogen-bond acceptors (Lipinski definition) is 2. The molecule has 0 aromatic heterocycles. The van der Waals surface area contributed by atoms with Gasteiger partial charge in [0.15, 0.2) is 0 Å². The Morgan fingerprint density at radius 2 is 1.88 bits per heavy atom. The van der Waals surface area contributed by atoms with Crippen LogP contribution in [0.15, 0.2) is 0 Å². The molecule has 0 saturated heterocycles. The third-order valence-electron chi connectivity index (χ3n) is 0.658. The van der Waals surface area contributed by atoms with E-state index in [0.29, 0.717) is 0 Å². The fraction of sp³-hybridized carbons (Fsp3) is 1.00. The first kappa shape index (κ1) is 8.14. The van der Waals surface area contributed by atoms with Gasteiger partial charge in [0.1, 0.15) is 0 Å². The predicted octanol–water partition coefficient (Wildman–Crippen LogP) is 0.128. The maximum atomic E-state index is 4.76. The molecule has 0 aliphatic carbocycles. The zero-order valence-electron chi connectivity index (χ0n) is 5.64. The summed E-state index contributed by atoms with van der Waals surface area (Å²) in [5.74, 6) is 0. The lowest BCUT2D eigenvalue weighted by Crippen LogP contribution is -1.96. The van der Waals surface area contributed by atoms with E-state index in [0.717, 1.165) is 25.7 Å². The number of rotatable bonds is 5. The van der Waals surface area contributed by atoms with E-state index in [2.05, 4.69) is 6.92 Å². The van der Waals surface area contributed by atoms with Crippen LogP contribution in [0.1, 0.15) is 13.3 Å². The van der Waals surface area contributed by atoms with Crippen LogP contribution in [0, 0.1) is 0 Å². The van der Waals surface area contributed by atoms with Crippen molar-refractivity contribution in [2.75, 3.05) is 13.2 Å². The van der Waals surface area contributed by atoms with Crippen LogP contribution in [-0.2, 0) is 9.78 Å². The van der Waals surface area contributed by atoms with E-state index in [1.807, 2.05) is 0 Å². The minimum absolute atomic E-state index is 0.724. The summed E-state index contributed by atoms with van der Waals surface area (Å²) in [6, 6.07) is 1.16. The van der Waals surface area contributed by atoms with E-state index >= 15 is 0 Å². The second-order valence-corrected chi connectivity index (χ2v) is 2.64. The van der Waals surface area contributed by atoms with Gasteiger partial charge in [-0.25, -0.2) is 9.78 Å². The molecule has 0 fully saturated rings. The van der Waals surface area contributed by atoms with E-state index in [4.69, 9.17) is 9.78 Å². The van der Waals surface area contributed by atoms with Gasteiger partial charge in [-0.05, 0) is 12.5 Å². The fourth-order valence-electron chi connectivity index (χ4n) is 0.285. The lowest BCUT2D eigenvalue weighted by atomic mass is 10.5. The maximum Gasteiger partial charge on any atom is 0.0819 e. The van der Waals surface area contributed by atoms with Gasteiger partial charge in [0.2, 0.25) is 0 Å². The van der Waals surface area contributed by atoms with Gasteiger partial charge in [0.25, 0.3) is 0 Å². The quantitative estimate of drug-likeness (QED) is 0.230. The summed E-state index contributed by atoms with van der Waals surface area (Å²) < 4.78 is 0. The summed E-state index contributed by atoms with van der Waals surface area (Å²) >= 11 is 0. The predicted molar refractivity (Wildman–Crippen MR) is 36.9 cm³/mol. The van der Waals surface area contributed by atoms with Gasteiger partial charge in [-0.3, -0.25) is 0 Å². The van der Waals surface area contributed by atoms with Crippen LogP contribution in [-0.4, -0.2) is 23.5 Å². The minimum Gasteiger partial charge on any atom is -0.237 e. The Hall–Kier alpha value is 0.137. The fourth-order valence-corrected chi connectivity index (χ4v) is 0.451. The highest BCUT2D eigenvalue weighted by atomic mass is 28.1. The summed E-state index contributed by atoms with van der Waals surface area (Å²) in [6.45, 7) is 3.55. The van der Waals surface area contributed by atoms with Crippen LogP contribution in [0.4, 0.5) is 0 Å². The second kappa shape index (κ2) is 7.14. The molecule has 0 heterocycles. The molecule has 3 heteroatoms. The molecule has 8 heavy (non-hydrogen) atoms. The zero-order chi connectivity index (χ0) is 6.24. The van der Waals surface area contributed by atoms with E-state index in [1.54, 1.807) is 0 Å². The van der Waals surface area contributed by atoms with Crippen molar-refractivity contribution in [2.45, 2.75) is 19.4 Å². The van der Waals surface area contributed by atoms with Gasteiger partial charge < -0.3 is 0 Å². The average molecular weight is 134 g/mol. The monoisotopic (exact) mass is 134 g/mol. The smallest absolute Gasteiger partial charge is 0.0819 e. The Bertz CT molecular complexity index is 35.4. The van der Waals surface area contributed by atoms with Gasteiger partial charge in [-0.1, -0.05) is 6.92 Å². The van der Waals surface area contributed by atoms with Gasteiger partial charge >= 0.3 is 0 Å². The van der Waals surface area contributed by atoms with Gasteiger partial charge in [-0.2, -0.15) is 0 Å². The van der Waals surface area contributed by atoms with E-state index in [-0.39, 0.29) is 0 Å². The Balaban J connectivity index is 2.53. The van der Waals surface area contributed by atoms with Crippen molar-refractivity contribution < 1.29 is 9.78 Å². The lowest BCUT2D eigenvalue weighted by Gasteiger charge is -1.97. The Morgan fingerprint density at radius 1 is 1.25 bits per heavy atom. The molecule has 0 amide bonds. The zero-order valence-corrected chi connectivity index (χ0v) is 7.64. The molecule has 0 rings (SSSR count). The molecule has 0 atom stereocenters. The third-order valence-corrected chi connectivity index (χ3v) is 1.07. The normalized spacial score (nSPS) is 10.1. The van der Waals surface area contributed by atoms with Crippen molar-refractivity contribution in [3.63, 3.8) is 0 Å². The molecule has 0 aliphatic heterocycles. The first-order chi connectivity index (χ1) is 3.91. The molecule has 0 N–H and O–H groups in total. The van der Waals surface area contributed by atoms with Crippen LogP contribution >= 0.6 is 0 Å². The van der Waals surface area contributed by atoms with Crippen LogP contribution in [0.3, 0.4) is 0 Å².